The van der Waals surface area contributed by atoms with Crippen LogP contribution >= 0.6 is 35.1 Å². The van der Waals surface area contributed by atoms with Gasteiger partial charge in [-0.1, -0.05) is 53.7 Å². The van der Waals surface area contributed by atoms with Crippen molar-refractivity contribution >= 4 is 35.1 Å². The fourth-order valence-corrected chi connectivity index (χ4v) is 4.00. The molecule has 0 unspecified atom stereocenters. The van der Waals surface area contributed by atoms with Crippen molar-refractivity contribution in [3.05, 3.63) is 59.6 Å². The van der Waals surface area contributed by atoms with Gasteiger partial charge in [-0.15, -0.1) is 22.0 Å². The summed E-state index contributed by atoms with van der Waals surface area (Å²) in [5, 5.41) is 9.60. The molecule has 0 amide bonds. The van der Waals surface area contributed by atoms with E-state index in [-0.39, 0.29) is 0 Å². The van der Waals surface area contributed by atoms with E-state index in [1.54, 1.807) is 23.5 Å². The standard InChI is InChI=1S/C17H15ClN2OS2/c18-14-9-4-5-10-15(14)22-11-6-12-23-17-20-19-16(21-17)13-7-2-1-3-8-13/h1-5,7-10H,6,11-12H2. The average Bonchev–Trinajstić information content (AvgIpc) is 3.06. The summed E-state index contributed by atoms with van der Waals surface area (Å²) in [7, 11) is 0. The van der Waals surface area contributed by atoms with Crippen LogP contribution in [0.4, 0.5) is 0 Å². The van der Waals surface area contributed by atoms with E-state index >= 15 is 0 Å². The minimum Gasteiger partial charge on any atom is -0.411 e. The SMILES string of the molecule is Clc1ccccc1SCCCSc1nnc(-c2ccccc2)o1. The molecule has 0 N–H and O–H groups in total. The Morgan fingerprint density at radius 2 is 1.61 bits per heavy atom. The Morgan fingerprint density at radius 1 is 0.870 bits per heavy atom. The lowest BCUT2D eigenvalue weighted by molar-refractivity contribution is 0.466. The van der Waals surface area contributed by atoms with E-state index in [0.717, 1.165) is 33.4 Å². The van der Waals surface area contributed by atoms with Gasteiger partial charge in [0.05, 0.1) is 5.02 Å². The summed E-state index contributed by atoms with van der Waals surface area (Å²) in [6.45, 7) is 0. The minimum atomic E-state index is 0.568. The monoisotopic (exact) mass is 362 g/mol. The number of nitrogens with zero attached hydrogens (tertiary/aromatic N) is 2. The van der Waals surface area contributed by atoms with E-state index in [0.29, 0.717) is 11.1 Å². The van der Waals surface area contributed by atoms with Crippen molar-refractivity contribution in [2.24, 2.45) is 0 Å². The molecule has 2 aromatic carbocycles. The molecular formula is C17H15ClN2OS2. The molecule has 0 fully saturated rings. The zero-order chi connectivity index (χ0) is 15.9. The average molecular weight is 363 g/mol. The van der Waals surface area contributed by atoms with E-state index in [9.17, 15) is 0 Å². The molecule has 1 heterocycles. The van der Waals surface area contributed by atoms with Gasteiger partial charge in [0, 0.05) is 16.2 Å². The molecule has 3 rings (SSSR count). The first kappa shape index (κ1) is 16.4. The zero-order valence-corrected chi connectivity index (χ0v) is 14.7. The highest BCUT2D eigenvalue weighted by Crippen LogP contribution is 2.28. The molecule has 1 aromatic heterocycles. The first-order valence-electron chi connectivity index (χ1n) is 7.22. The molecule has 23 heavy (non-hydrogen) atoms. The number of rotatable bonds is 7. The largest absolute Gasteiger partial charge is 0.411 e. The zero-order valence-electron chi connectivity index (χ0n) is 12.3. The van der Waals surface area contributed by atoms with E-state index in [1.165, 1.54) is 0 Å². The predicted octanol–water partition coefficient (Wildman–Crippen LogP) is 5.66. The Labute approximate surface area is 148 Å². The second kappa shape index (κ2) is 8.43. The van der Waals surface area contributed by atoms with Gasteiger partial charge >= 0.3 is 0 Å². The molecule has 0 aliphatic rings. The Morgan fingerprint density at radius 3 is 2.43 bits per heavy atom. The topological polar surface area (TPSA) is 38.9 Å². The van der Waals surface area contributed by atoms with Gasteiger partial charge < -0.3 is 4.42 Å². The molecule has 3 nitrogen and oxygen atoms in total. The van der Waals surface area contributed by atoms with Gasteiger partial charge in [-0.2, -0.15) is 0 Å². The summed E-state index contributed by atoms with van der Waals surface area (Å²) in [4.78, 5) is 1.13. The fraction of sp³-hybridized carbons (Fsp3) is 0.176. The number of aromatic nitrogens is 2. The highest BCUT2D eigenvalue weighted by atomic mass is 35.5. The van der Waals surface area contributed by atoms with Crippen LogP contribution in [0.25, 0.3) is 11.5 Å². The van der Waals surface area contributed by atoms with Crippen LogP contribution in [0.2, 0.25) is 5.02 Å². The van der Waals surface area contributed by atoms with Gasteiger partial charge in [0.25, 0.3) is 5.22 Å². The van der Waals surface area contributed by atoms with Crippen LogP contribution in [0.1, 0.15) is 6.42 Å². The molecule has 0 aliphatic carbocycles. The third-order valence-electron chi connectivity index (χ3n) is 3.04. The third kappa shape index (κ3) is 4.77. The lowest BCUT2D eigenvalue weighted by Gasteiger charge is -2.02. The van der Waals surface area contributed by atoms with Crippen molar-refractivity contribution in [2.45, 2.75) is 16.5 Å². The van der Waals surface area contributed by atoms with E-state index in [2.05, 4.69) is 10.2 Å². The molecule has 0 aliphatic heterocycles. The number of thioether (sulfide) groups is 2. The molecule has 6 heteroatoms. The normalized spacial score (nSPS) is 10.8. The molecular weight excluding hydrogens is 348 g/mol. The molecule has 0 atom stereocenters. The highest BCUT2D eigenvalue weighted by Gasteiger charge is 2.08. The van der Waals surface area contributed by atoms with Gasteiger partial charge in [-0.25, -0.2) is 0 Å². The number of benzene rings is 2. The molecule has 3 aromatic rings. The first-order chi connectivity index (χ1) is 11.3. The van der Waals surface area contributed by atoms with E-state index in [4.69, 9.17) is 16.0 Å². The lowest BCUT2D eigenvalue weighted by Crippen LogP contribution is -1.85. The summed E-state index contributed by atoms with van der Waals surface area (Å²) in [6.07, 6.45) is 1.05. The molecule has 118 valence electrons. The summed E-state index contributed by atoms with van der Waals surface area (Å²) >= 11 is 9.50. The number of hydrogen-bond donors (Lipinski definition) is 0. The van der Waals surface area contributed by atoms with Crippen molar-refractivity contribution in [1.82, 2.24) is 10.2 Å². The van der Waals surface area contributed by atoms with E-state index in [1.807, 2.05) is 54.6 Å². The highest BCUT2D eigenvalue weighted by molar-refractivity contribution is 8.00. The predicted molar refractivity (Wildman–Crippen MR) is 97.3 cm³/mol. The Balaban J connectivity index is 1.43. The molecule has 0 saturated heterocycles. The van der Waals surface area contributed by atoms with Gasteiger partial charge in [0.2, 0.25) is 5.89 Å². The van der Waals surface area contributed by atoms with Crippen molar-refractivity contribution in [2.75, 3.05) is 11.5 Å². The van der Waals surface area contributed by atoms with Crippen LogP contribution in [-0.2, 0) is 0 Å². The summed E-state index contributed by atoms with van der Waals surface area (Å²) < 4.78 is 5.67. The van der Waals surface area contributed by atoms with Crippen molar-refractivity contribution in [1.29, 1.82) is 0 Å². The Bertz CT molecular complexity index is 749. The van der Waals surface area contributed by atoms with Crippen LogP contribution in [-0.4, -0.2) is 21.7 Å². The molecule has 0 radical (unpaired) electrons. The van der Waals surface area contributed by atoms with Crippen molar-refractivity contribution in [3.63, 3.8) is 0 Å². The van der Waals surface area contributed by atoms with Gasteiger partial charge in [-0.05, 0) is 36.4 Å². The van der Waals surface area contributed by atoms with Crippen LogP contribution in [0.15, 0.2) is 69.1 Å². The van der Waals surface area contributed by atoms with Gasteiger partial charge in [0.15, 0.2) is 0 Å². The Kier molecular flexibility index (Phi) is 6.02. The maximum absolute atomic E-state index is 6.13. The second-order valence-corrected chi connectivity index (χ2v) is 7.31. The van der Waals surface area contributed by atoms with Crippen molar-refractivity contribution in [3.8, 4) is 11.5 Å². The quantitative estimate of drug-likeness (QED) is 0.400. The summed E-state index contributed by atoms with van der Waals surface area (Å²) in [5.41, 5.74) is 0.945. The van der Waals surface area contributed by atoms with Crippen LogP contribution in [0, 0.1) is 0 Å². The second-order valence-electron chi connectivity index (χ2n) is 4.72. The first-order valence-corrected chi connectivity index (χ1v) is 9.57. The van der Waals surface area contributed by atoms with Gasteiger partial charge in [-0.3, -0.25) is 0 Å². The lowest BCUT2D eigenvalue weighted by atomic mass is 10.2. The molecule has 0 saturated carbocycles. The van der Waals surface area contributed by atoms with Crippen LogP contribution in [0.5, 0.6) is 0 Å². The smallest absolute Gasteiger partial charge is 0.276 e. The van der Waals surface area contributed by atoms with Crippen molar-refractivity contribution < 1.29 is 4.42 Å². The molecule has 0 spiro atoms. The Hall–Kier alpha value is -1.43. The van der Waals surface area contributed by atoms with Crippen LogP contribution in [0.3, 0.4) is 0 Å². The minimum absolute atomic E-state index is 0.568. The number of halogens is 1. The van der Waals surface area contributed by atoms with Gasteiger partial charge in [0.1, 0.15) is 0 Å². The number of hydrogen-bond acceptors (Lipinski definition) is 5. The maximum Gasteiger partial charge on any atom is 0.276 e. The summed E-state index contributed by atoms with van der Waals surface area (Å²) in [5.74, 6) is 2.52. The maximum atomic E-state index is 6.13. The van der Waals surface area contributed by atoms with E-state index < -0.39 is 0 Å². The summed E-state index contributed by atoms with van der Waals surface area (Å²) in [6, 6.07) is 17.7. The third-order valence-corrected chi connectivity index (χ3v) is 5.54. The molecule has 0 bridgehead atoms. The fourth-order valence-electron chi connectivity index (χ4n) is 1.93. The van der Waals surface area contributed by atoms with Crippen LogP contribution < -0.4 is 0 Å².